The molecule has 0 spiro atoms. The maximum absolute atomic E-state index is 6.19. The molecule has 1 aromatic heterocycles. The summed E-state index contributed by atoms with van der Waals surface area (Å²) in [5.41, 5.74) is -0.103. The second-order valence-corrected chi connectivity index (χ2v) is 5.56. The van der Waals surface area contributed by atoms with Crippen LogP contribution in [0.15, 0.2) is 12.4 Å². The van der Waals surface area contributed by atoms with Gasteiger partial charge in [-0.1, -0.05) is 27.7 Å². The van der Waals surface area contributed by atoms with Crippen LogP contribution in [0.4, 0.5) is 0 Å². The largest absolute Gasteiger partial charge is 0.374 e. The highest BCUT2D eigenvalue weighted by Gasteiger charge is 2.36. The van der Waals surface area contributed by atoms with Crippen LogP contribution < -0.4 is 5.32 Å². The number of aryl methyl sites for hydroxylation is 1. The van der Waals surface area contributed by atoms with Gasteiger partial charge in [0.25, 0.3) is 0 Å². The molecule has 0 radical (unpaired) electrons. The summed E-state index contributed by atoms with van der Waals surface area (Å²) in [6.45, 7) is 13.6. The molecule has 4 heteroatoms. The van der Waals surface area contributed by atoms with Crippen molar-refractivity contribution in [3.8, 4) is 0 Å². The maximum Gasteiger partial charge on any atom is 0.110 e. The summed E-state index contributed by atoms with van der Waals surface area (Å²) >= 11 is 0. The van der Waals surface area contributed by atoms with Crippen LogP contribution >= 0.6 is 0 Å². The first-order valence-corrected chi connectivity index (χ1v) is 8.54. The number of imidazole rings is 1. The summed E-state index contributed by atoms with van der Waals surface area (Å²) in [5, 5.41) is 3.64. The number of nitrogens with one attached hydrogen (secondary N) is 1. The van der Waals surface area contributed by atoms with Crippen LogP contribution in [0, 0.1) is 0 Å². The highest BCUT2D eigenvalue weighted by molar-refractivity contribution is 5.02. The third-order valence-corrected chi connectivity index (χ3v) is 4.37. The minimum absolute atomic E-state index is 0.103. The molecule has 1 N–H and O–H groups in total. The van der Waals surface area contributed by atoms with Gasteiger partial charge in [0.1, 0.15) is 5.82 Å². The molecule has 1 atom stereocenters. The van der Waals surface area contributed by atoms with Gasteiger partial charge < -0.3 is 14.6 Å². The van der Waals surface area contributed by atoms with Crippen LogP contribution in [0.3, 0.4) is 0 Å². The van der Waals surface area contributed by atoms with Crippen molar-refractivity contribution in [1.29, 1.82) is 0 Å². The van der Waals surface area contributed by atoms with Crippen molar-refractivity contribution >= 4 is 0 Å². The number of hydrogen-bond acceptors (Lipinski definition) is 3. The van der Waals surface area contributed by atoms with E-state index in [1.807, 2.05) is 6.20 Å². The molecule has 0 aliphatic carbocycles. The fourth-order valence-electron chi connectivity index (χ4n) is 3.18. The maximum atomic E-state index is 6.19. The molecular formula is C17H33N3O. The van der Waals surface area contributed by atoms with Crippen molar-refractivity contribution in [2.45, 2.75) is 78.5 Å². The van der Waals surface area contributed by atoms with Gasteiger partial charge in [0.15, 0.2) is 0 Å². The lowest BCUT2D eigenvalue weighted by atomic mass is 9.85. The second-order valence-electron chi connectivity index (χ2n) is 5.56. The predicted octanol–water partition coefficient (Wildman–Crippen LogP) is 3.41. The van der Waals surface area contributed by atoms with Gasteiger partial charge in [-0.15, -0.1) is 0 Å². The summed E-state index contributed by atoms with van der Waals surface area (Å²) in [6, 6.07) is 0.301. The lowest BCUT2D eigenvalue weighted by molar-refractivity contribution is -0.0720. The van der Waals surface area contributed by atoms with Crippen molar-refractivity contribution < 1.29 is 4.74 Å². The molecule has 0 aliphatic heterocycles. The third-order valence-electron chi connectivity index (χ3n) is 4.37. The van der Waals surface area contributed by atoms with E-state index in [0.717, 1.165) is 51.2 Å². The Kier molecular flexibility index (Phi) is 7.97. The Morgan fingerprint density at radius 3 is 2.48 bits per heavy atom. The molecule has 21 heavy (non-hydrogen) atoms. The molecule has 122 valence electrons. The van der Waals surface area contributed by atoms with Crippen molar-refractivity contribution in [1.82, 2.24) is 14.9 Å². The minimum Gasteiger partial charge on any atom is -0.374 e. The van der Waals surface area contributed by atoms with Gasteiger partial charge in [-0.05, 0) is 32.7 Å². The first kappa shape index (κ1) is 18.2. The monoisotopic (exact) mass is 295 g/mol. The fraction of sp³-hybridized carbons (Fsp3) is 0.824. The third kappa shape index (κ3) is 4.55. The zero-order chi connectivity index (χ0) is 15.7. The predicted molar refractivity (Wildman–Crippen MR) is 88.6 cm³/mol. The summed E-state index contributed by atoms with van der Waals surface area (Å²) in [7, 11) is 0. The normalized spacial score (nSPS) is 13.6. The number of ether oxygens (including phenoxy) is 1. The zero-order valence-corrected chi connectivity index (χ0v) is 14.5. The van der Waals surface area contributed by atoms with Gasteiger partial charge >= 0.3 is 0 Å². The molecule has 0 saturated carbocycles. The van der Waals surface area contributed by atoms with E-state index < -0.39 is 0 Å². The molecule has 0 bridgehead atoms. The SMILES string of the molecule is CCCn1ccnc1CC(NCC)C(CC)(CC)OCC. The molecule has 0 fully saturated rings. The van der Waals surface area contributed by atoms with E-state index in [0.29, 0.717) is 6.04 Å². The first-order chi connectivity index (χ1) is 10.2. The lowest BCUT2D eigenvalue weighted by Gasteiger charge is -2.40. The number of aromatic nitrogens is 2. The minimum atomic E-state index is -0.103. The number of likely N-dealkylation sites (N-methyl/N-ethyl adjacent to an activating group) is 1. The highest BCUT2D eigenvalue weighted by atomic mass is 16.5. The van der Waals surface area contributed by atoms with Gasteiger partial charge in [0.2, 0.25) is 0 Å². The topological polar surface area (TPSA) is 39.1 Å². The Morgan fingerprint density at radius 1 is 1.24 bits per heavy atom. The van der Waals surface area contributed by atoms with E-state index in [-0.39, 0.29) is 5.60 Å². The van der Waals surface area contributed by atoms with E-state index in [9.17, 15) is 0 Å². The van der Waals surface area contributed by atoms with Crippen LogP contribution in [0.5, 0.6) is 0 Å². The van der Waals surface area contributed by atoms with E-state index in [4.69, 9.17) is 4.74 Å². The Morgan fingerprint density at radius 2 is 1.95 bits per heavy atom. The molecule has 0 amide bonds. The molecular weight excluding hydrogens is 262 g/mol. The smallest absolute Gasteiger partial charge is 0.110 e. The van der Waals surface area contributed by atoms with Gasteiger partial charge in [0, 0.05) is 38.0 Å². The van der Waals surface area contributed by atoms with E-state index >= 15 is 0 Å². The number of hydrogen-bond donors (Lipinski definition) is 1. The quantitative estimate of drug-likeness (QED) is 0.680. The summed E-state index contributed by atoms with van der Waals surface area (Å²) in [4.78, 5) is 4.57. The fourth-order valence-corrected chi connectivity index (χ4v) is 3.18. The van der Waals surface area contributed by atoms with E-state index in [1.54, 1.807) is 0 Å². The molecule has 0 aromatic carbocycles. The molecule has 1 unspecified atom stereocenters. The lowest BCUT2D eigenvalue weighted by Crippen LogP contribution is -2.53. The number of rotatable bonds is 11. The van der Waals surface area contributed by atoms with Gasteiger partial charge in [-0.2, -0.15) is 0 Å². The standard InChI is InChI=1S/C17H33N3O/c1-6-12-20-13-11-19-16(20)14-15(18-9-4)17(7-2,8-3)21-10-5/h11,13,15,18H,6-10,12,14H2,1-5H3. The molecule has 1 aromatic rings. The van der Waals surface area contributed by atoms with E-state index in [2.05, 4.69) is 55.7 Å². The Bertz CT molecular complexity index is 385. The van der Waals surface area contributed by atoms with Crippen molar-refractivity contribution in [3.63, 3.8) is 0 Å². The van der Waals surface area contributed by atoms with Crippen molar-refractivity contribution in [2.75, 3.05) is 13.2 Å². The summed E-state index contributed by atoms with van der Waals surface area (Å²) in [6.07, 6.45) is 8.08. The second kappa shape index (κ2) is 9.21. The van der Waals surface area contributed by atoms with Crippen molar-refractivity contribution in [3.05, 3.63) is 18.2 Å². The summed E-state index contributed by atoms with van der Waals surface area (Å²) in [5.74, 6) is 1.16. The van der Waals surface area contributed by atoms with Crippen LogP contribution in [0.2, 0.25) is 0 Å². The molecule has 0 aliphatic rings. The highest BCUT2D eigenvalue weighted by Crippen LogP contribution is 2.27. The molecule has 1 heterocycles. The average molecular weight is 295 g/mol. The zero-order valence-electron chi connectivity index (χ0n) is 14.5. The average Bonchev–Trinajstić information content (AvgIpc) is 2.92. The van der Waals surface area contributed by atoms with Crippen LogP contribution in [0.25, 0.3) is 0 Å². The van der Waals surface area contributed by atoms with Crippen LogP contribution in [0.1, 0.15) is 59.7 Å². The number of nitrogens with zero attached hydrogens (tertiary/aromatic N) is 2. The molecule has 0 saturated heterocycles. The molecule has 4 nitrogen and oxygen atoms in total. The Labute approximate surface area is 130 Å². The van der Waals surface area contributed by atoms with Gasteiger partial charge in [-0.3, -0.25) is 0 Å². The first-order valence-electron chi connectivity index (χ1n) is 8.54. The molecule has 1 rings (SSSR count). The van der Waals surface area contributed by atoms with E-state index in [1.165, 1.54) is 0 Å². The van der Waals surface area contributed by atoms with Crippen molar-refractivity contribution in [2.24, 2.45) is 0 Å². The van der Waals surface area contributed by atoms with Gasteiger partial charge in [-0.25, -0.2) is 4.98 Å². The summed E-state index contributed by atoms with van der Waals surface area (Å²) < 4.78 is 8.46. The Hall–Kier alpha value is -0.870. The van der Waals surface area contributed by atoms with Gasteiger partial charge in [0.05, 0.1) is 5.60 Å². The van der Waals surface area contributed by atoms with Crippen LogP contribution in [-0.2, 0) is 17.7 Å². The van der Waals surface area contributed by atoms with Crippen LogP contribution in [-0.4, -0.2) is 34.3 Å². The Balaban J connectivity index is 2.96.